The number of amides is 1. The molecule has 3 aliphatic rings. The van der Waals surface area contributed by atoms with Crippen LogP contribution in [0.5, 0.6) is 5.75 Å². The van der Waals surface area contributed by atoms with Crippen LogP contribution in [0.1, 0.15) is 62.0 Å². The Bertz CT molecular complexity index is 1240. The summed E-state index contributed by atoms with van der Waals surface area (Å²) in [6, 6.07) is 2.07. The number of carbonyl (C=O) groups excluding carboxylic acids is 5. The van der Waals surface area contributed by atoms with Crippen molar-refractivity contribution in [1.29, 1.82) is 0 Å². The Kier molecular flexibility index (Phi) is 6.28. The van der Waals surface area contributed by atoms with Crippen LogP contribution in [-0.2, 0) is 32.0 Å². The summed E-state index contributed by atoms with van der Waals surface area (Å²) in [7, 11) is 3.15. The smallest absolute Gasteiger partial charge is 0.235 e. The fourth-order valence-corrected chi connectivity index (χ4v) is 7.46. The summed E-state index contributed by atoms with van der Waals surface area (Å²) in [5.74, 6) is -8.25. The van der Waals surface area contributed by atoms with Crippen molar-refractivity contribution < 1.29 is 34.2 Å². The average molecular weight is 513 g/mol. The second-order valence-electron chi connectivity index (χ2n) is 12.3. The van der Waals surface area contributed by atoms with Crippen molar-refractivity contribution in [2.24, 2.45) is 34.3 Å². The highest BCUT2D eigenvalue weighted by molar-refractivity contribution is 6.33. The number of hydrogen-bond donors (Lipinski definition) is 3. The highest BCUT2D eigenvalue weighted by Crippen LogP contribution is 2.61. The van der Waals surface area contributed by atoms with E-state index in [1.54, 1.807) is 27.1 Å². The van der Waals surface area contributed by atoms with Crippen molar-refractivity contribution in [1.82, 2.24) is 4.90 Å². The lowest BCUT2D eigenvalue weighted by molar-refractivity contribution is -0.203. The zero-order chi connectivity index (χ0) is 27.8. The molecule has 6 atom stereocenters. The molecule has 9 nitrogen and oxygen atoms in total. The molecule has 0 aliphatic heterocycles. The fraction of sp³-hybridized carbons (Fsp3) is 0.607. The van der Waals surface area contributed by atoms with E-state index in [-0.39, 0.29) is 24.2 Å². The molecule has 1 aromatic carbocycles. The Morgan fingerprint density at radius 2 is 1.76 bits per heavy atom. The number of carbonyl (C=O) groups is 5. The van der Waals surface area contributed by atoms with E-state index in [9.17, 15) is 34.2 Å². The van der Waals surface area contributed by atoms with Crippen LogP contribution in [0.25, 0.3) is 0 Å². The molecule has 1 aromatic rings. The second-order valence-corrected chi connectivity index (χ2v) is 12.3. The van der Waals surface area contributed by atoms with Gasteiger partial charge in [0.05, 0.1) is 17.5 Å². The largest absolute Gasteiger partial charge is 0.507 e. The highest BCUT2D eigenvalue weighted by atomic mass is 16.3. The molecule has 4 rings (SSSR count). The number of aliphatic hydroxyl groups is 1. The molecule has 0 heterocycles. The zero-order valence-corrected chi connectivity index (χ0v) is 22.3. The first-order chi connectivity index (χ1) is 17.0. The molecule has 2 saturated carbocycles. The van der Waals surface area contributed by atoms with Crippen LogP contribution < -0.4 is 5.73 Å². The molecule has 0 saturated heterocycles. The molecule has 0 spiro atoms. The molecular weight excluding hydrogens is 476 g/mol. The van der Waals surface area contributed by atoms with Gasteiger partial charge in [-0.2, -0.15) is 0 Å². The SMILES string of the molecule is CC(C)CCc1ccc(O)c2c1C[C@@]1(C)C[C@@]3(C)[C@H](N(C)C)C(=O)C(C(N)=O)C(=O)[C@@]3(O)C(=O)C1C2=O. The fourth-order valence-electron chi connectivity index (χ4n) is 7.46. The number of nitrogens with zero attached hydrogens (tertiary/aromatic N) is 1. The van der Waals surface area contributed by atoms with E-state index in [4.69, 9.17) is 5.73 Å². The number of fused-ring (bicyclic) bond motifs is 3. The molecule has 0 aromatic heterocycles. The number of nitrogens with two attached hydrogens (primary N) is 1. The van der Waals surface area contributed by atoms with E-state index in [1.165, 1.54) is 17.9 Å². The van der Waals surface area contributed by atoms with Crippen molar-refractivity contribution in [3.63, 3.8) is 0 Å². The van der Waals surface area contributed by atoms with E-state index >= 15 is 0 Å². The molecule has 1 amide bonds. The summed E-state index contributed by atoms with van der Waals surface area (Å²) < 4.78 is 0. The van der Waals surface area contributed by atoms with Gasteiger partial charge < -0.3 is 15.9 Å². The van der Waals surface area contributed by atoms with Crippen LogP contribution in [-0.4, -0.2) is 69.9 Å². The third-order valence-corrected chi connectivity index (χ3v) is 8.96. The maximum Gasteiger partial charge on any atom is 0.235 e. The van der Waals surface area contributed by atoms with Crippen molar-refractivity contribution in [2.45, 2.75) is 65.0 Å². The molecular formula is C28H36N2O7. The van der Waals surface area contributed by atoms with Crippen LogP contribution >= 0.6 is 0 Å². The Morgan fingerprint density at radius 3 is 2.30 bits per heavy atom. The summed E-state index contributed by atoms with van der Waals surface area (Å²) in [6.45, 7) is 7.45. The Labute approximate surface area is 216 Å². The quantitative estimate of drug-likeness (QED) is 0.498. The van der Waals surface area contributed by atoms with Crippen LogP contribution in [0, 0.1) is 28.6 Å². The van der Waals surface area contributed by atoms with Crippen LogP contribution in [0.3, 0.4) is 0 Å². The predicted octanol–water partition coefficient (Wildman–Crippen LogP) is 1.24. The van der Waals surface area contributed by atoms with Crippen molar-refractivity contribution in [2.75, 3.05) is 14.1 Å². The lowest BCUT2D eigenvalue weighted by atomic mass is 9.42. The van der Waals surface area contributed by atoms with Crippen LogP contribution in [0.15, 0.2) is 12.1 Å². The van der Waals surface area contributed by atoms with E-state index in [0.717, 1.165) is 12.0 Å². The number of hydrogen-bond acceptors (Lipinski definition) is 8. The van der Waals surface area contributed by atoms with Crippen molar-refractivity contribution in [3.8, 4) is 5.75 Å². The lowest BCUT2D eigenvalue weighted by Crippen LogP contribution is -2.79. The van der Waals surface area contributed by atoms with Crippen molar-refractivity contribution >= 4 is 29.0 Å². The maximum atomic E-state index is 14.2. The molecule has 200 valence electrons. The Balaban J connectivity index is 1.94. The van der Waals surface area contributed by atoms with Gasteiger partial charge in [-0.1, -0.05) is 33.8 Å². The van der Waals surface area contributed by atoms with Gasteiger partial charge in [0.2, 0.25) is 5.91 Å². The van der Waals surface area contributed by atoms with Gasteiger partial charge in [-0.15, -0.1) is 0 Å². The summed E-state index contributed by atoms with van der Waals surface area (Å²) >= 11 is 0. The van der Waals surface area contributed by atoms with E-state index in [1.807, 2.05) is 0 Å². The number of benzene rings is 1. The van der Waals surface area contributed by atoms with Gasteiger partial charge in [0.1, 0.15) is 5.75 Å². The van der Waals surface area contributed by atoms with Gasteiger partial charge in [0.25, 0.3) is 0 Å². The Morgan fingerprint density at radius 1 is 1.14 bits per heavy atom. The molecule has 2 unspecified atom stereocenters. The van der Waals surface area contributed by atoms with Gasteiger partial charge in [0, 0.05) is 5.41 Å². The molecule has 3 aliphatic carbocycles. The minimum absolute atomic E-state index is 0.0107. The first kappa shape index (κ1) is 27.1. The number of primary amides is 1. The number of phenolic OH excluding ortho intramolecular Hbond substituents is 1. The number of rotatable bonds is 5. The molecule has 4 N–H and O–H groups in total. The predicted molar refractivity (Wildman–Crippen MR) is 134 cm³/mol. The number of Topliss-reactive ketones (excluding diaryl/α,β-unsaturated/α-hetero) is 4. The average Bonchev–Trinajstić information content (AvgIpc) is 2.75. The molecule has 2 fully saturated rings. The number of phenols is 1. The summed E-state index contributed by atoms with van der Waals surface area (Å²) in [5, 5.41) is 22.6. The number of aryl methyl sites for hydroxylation is 1. The summed E-state index contributed by atoms with van der Waals surface area (Å²) in [4.78, 5) is 68.7. The van der Waals surface area contributed by atoms with Crippen LogP contribution in [0.4, 0.5) is 0 Å². The lowest BCUT2D eigenvalue weighted by Gasteiger charge is -2.61. The van der Waals surface area contributed by atoms with E-state index in [2.05, 4.69) is 13.8 Å². The van der Waals surface area contributed by atoms with Gasteiger partial charge >= 0.3 is 0 Å². The third-order valence-electron chi connectivity index (χ3n) is 8.96. The molecule has 37 heavy (non-hydrogen) atoms. The molecule has 9 heteroatoms. The van der Waals surface area contributed by atoms with Gasteiger partial charge in [-0.05, 0) is 68.3 Å². The second kappa shape index (κ2) is 8.56. The first-order valence-electron chi connectivity index (χ1n) is 12.7. The summed E-state index contributed by atoms with van der Waals surface area (Å²) in [5.41, 5.74) is 1.56. The topological polar surface area (TPSA) is 155 Å². The normalized spacial score (nSPS) is 35.4. The first-order valence-corrected chi connectivity index (χ1v) is 12.7. The number of likely N-dealkylation sites (N-methyl/N-ethyl adjacent to an activating group) is 1. The maximum absolute atomic E-state index is 14.2. The summed E-state index contributed by atoms with van der Waals surface area (Å²) in [6.07, 6.45) is 1.78. The van der Waals surface area contributed by atoms with E-state index < -0.39 is 63.3 Å². The molecule has 0 radical (unpaired) electrons. The van der Waals surface area contributed by atoms with Gasteiger partial charge in [0.15, 0.2) is 34.7 Å². The van der Waals surface area contributed by atoms with E-state index in [0.29, 0.717) is 17.9 Å². The Hall–Kier alpha value is -2.91. The molecule has 0 bridgehead atoms. The number of ketones is 4. The standard InChI is InChI=1S/C28H36N2O7/c1-13(2)7-8-14-9-10-16(31)17-15(14)11-26(3)12-27(4)22(30(5)6)21(33)18(25(29)36)23(34)28(27,37)24(35)19(26)20(17)32/h9-10,13,18-19,22,31,37H,7-8,11-12H2,1-6H3,(H2,29,36)/t18?,19?,22-,26+,27+,28-/m1/s1. The monoisotopic (exact) mass is 512 g/mol. The minimum Gasteiger partial charge on any atom is -0.507 e. The van der Waals surface area contributed by atoms with Gasteiger partial charge in [-0.3, -0.25) is 28.9 Å². The highest BCUT2D eigenvalue weighted by Gasteiger charge is 2.76. The van der Waals surface area contributed by atoms with Crippen molar-refractivity contribution in [3.05, 3.63) is 28.8 Å². The third kappa shape index (κ3) is 3.54. The number of aromatic hydroxyl groups is 1. The minimum atomic E-state index is -2.78. The zero-order valence-electron chi connectivity index (χ0n) is 22.3. The van der Waals surface area contributed by atoms with Crippen LogP contribution in [0.2, 0.25) is 0 Å². The van der Waals surface area contributed by atoms with Gasteiger partial charge in [-0.25, -0.2) is 0 Å².